The van der Waals surface area contributed by atoms with Crippen molar-refractivity contribution >= 4 is 22.2 Å². The SMILES string of the molecule is CCS(=O)(=O)C(CC(C)N(C)C)(c1ccccc1)c1ccccc1.Cl. The molecule has 2 aromatic carbocycles. The van der Waals surface area contributed by atoms with Crippen molar-refractivity contribution in [1.82, 2.24) is 4.90 Å². The molecule has 0 radical (unpaired) electrons. The summed E-state index contributed by atoms with van der Waals surface area (Å²) in [6, 6.07) is 19.4. The molecule has 0 aliphatic carbocycles. The van der Waals surface area contributed by atoms with Crippen molar-refractivity contribution < 1.29 is 8.42 Å². The van der Waals surface area contributed by atoms with Gasteiger partial charge in [0.15, 0.2) is 9.84 Å². The van der Waals surface area contributed by atoms with Crippen molar-refractivity contribution in [2.24, 2.45) is 0 Å². The topological polar surface area (TPSA) is 37.4 Å². The van der Waals surface area contributed by atoms with Crippen LogP contribution in [0, 0.1) is 0 Å². The zero-order chi connectivity index (χ0) is 17.8. The third-order valence-corrected chi connectivity index (χ3v) is 7.32. The predicted molar refractivity (Wildman–Crippen MR) is 108 cm³/mol. The number of rotatable bonds is 7. The maximum Gasteiger partial charge on any atom is 0.164 e. The maximum atomic E-state index is 13.4. The zero-order valence-corrected chi connectivity index (χ0v) is 17.0. The van der Waals surface area contributed by atoms with E-state index >= 15 is 0 Å². The Kier molecular flexibility index (Phi) is 7.66. The van der Waals surface area contributed by atoms with Gasteiger partial charge in [0.25, 0.3) is 0 Å². The van der Waals surface area contributed by atoms with Gasteiger partial charge in [-0.3, -0.25) is 0 Å². The van der Waals surface area contributed by atoms with Crippen LogP contribution >= 0.6 is 12.4 Å². The standard InChI is InChI=1S/C20H27NO2S.ClH/c1-5-24(22,23)20(16-17(2)21(3)4,18-12-8-6-9-13-18)19-14-10-7-11-15-19;/h6-15,17H,5,16H2,1-4H3;1H. The maximum absolute atomic E-state index is 13.4. The first kappa shape index (κ1) is 21.7. The lowest BCUT2D eigenvalue weighted by molar-refractivity contribution is 0.280. The fourth-order valence-corrected chi connectivity index (χ4v) is 5.13. The number of sulfone groups is 1. The average Bonchev–Trinajstić information content (AvgIpc) is 2.60. The van der Waals surface area contributed by atoms with Gasteiger partial charge in [-0.25, -0.2) is 8.42 Å². The van der Waals surface area contributed by atoms with Crippen LogP contribution < -0.4 is 0 Å². The quantitative estimate of drug-likeness (QED) is 0.723. The van der Waals surface area contributed by atoms with E-state index in [1.165, 1.54) is 0 Å². The smallest absolute Gasteiger partial charge is 0.164 e. The first-order chi connectivity index (χ1) is 11.3. The lowest BCUT2D eigenvalue weighted by Crippen LogP contribution is -2.43. The molecule has 0 fully saturated rings. The van der Waals surface area contributed by atoms with Crippen molar-refractivity contribution in [2.75, 3.05) is 19.8 Å². The summed E-state index contributed by atoms with van der Waals surface area (Å²) in [5.74, 6) is 0.108. The molecule has 138 valence electrons. The van der Waals surface area contributed by atoms with Crippen molar-refractivity contribution in [3.8, 4) is 0 Å². The second kappa shape index (κ2) is 8.84. The molecule has 0 N–H and O–H groups in total. The number of nitrogens with zero attached hydrogens (tertiary/aromatic N) is 1. The van der Waals surface area contributed by atoms with Crippen LogP contribution in [0.3, 0.4) is 0 Å². The fraction of sp³-hybridized carbons (Fsp3) is 0.400. The van der Waals surface area contributed by atoms with Gasteiger partial charge >= 0.3 is 0 Å². The molecule has 5 heteroatoms. The molecule has 2 rings (SSSR count). The van der Waals surface area contributed by atoms with E-state index in [1.54, 1.807) is 6.92 Å². The van der Waals surface area contributed by atoms with Gasteiger partial charge in [0, 0.05) is 11.8 Å². The van der Waals surface area contributed by atoms with Gasteiger partial charge in [0.05, 0.1) is 0 Å². The highest BCUT2D eigenvalue weighted by atomic mass is 35.5. The number of hydrogen-bond donors (Lipinski definition) is 0. The Hall–Kier alpha value is -1.36. The number of halogens is 1. The molecule has 0 spiro atoms. The normalized spacial score (nSPS) is 13.3. The Morgan fingerprint density at radius 2 is 1.32 bits per heavy atom. The summed E-state index contributed by atoms with van der Waals surface area (Å²) < 4.78 is 25.7. The van der Waals surface area contributed by atoms with Crippen molar-refractivity contribution in [3.05, 3.63) is 71.8 Å². The molecule has 0 aromatic heterocycles. The summed E-state index contributed by atoms with van der Waals surface area (Å²) in [4.78, 5) is 2.08. The van der Waals surface area contributed by atoms with Gasteiger partial charge < -0.3 is 4.90 Å². The zero-order valence-electron chi connectivity index (χ0n) is 15.3. The van der Waals surface area contributed by atoms with E-state index in [1.807, 2.05) is 74.8 Å². The van der Waals surface area contributed by atoms with E-state index in [0.717, 1.165) is 11.1 Å². The van der Waals surface area contributed by atoms with Crippen molar-refractivity contribution in [1.29, 1.82) is 0 Å². The third kappa shape index (κ3) is 4.25. The summed E-state index contributed by atoms with van der Waals surface area (Å²) in [6.07, 6.45) is 0.518. The van der Waals surface area contributed by atoms with Gasteiger partial charge in [-0.2, -0.15) is 0 Å². The van der Waals surface area contributed by atoms with Gasteiger partial charge in [0.1, 0.15) is 4.75 Å². The predicted octanol–water partition coefficient (Wildman–Crippen LogP) is 4.13. The highest BCUT2D eigenvalue weighted by Gasteiger charge is 2.46. The van der Waals surface area contributed by atoms with Crippen molar-refractivity contribution in [2.45, 2.75) is 31.1 Å². The Balaban J connectivity index is 0.00000312. The summed E-state index contributed by atoms with van der Waals surface area (Å²) in [7, 11) is 0.597. The number of hydrogen-bond acceptors (Lipinski definition) is 3. The lowest BCUT2D eigenvalue weighted by Gasteiger charge is -2.38. The molecule has 0 heterocycles. The van der Waals surface area contributed by atoms with Gasteiger partial charge in [-0.1, -0.05) is 67.6 Å². The van der Waals surface area contributed by atoms with Crippen LogP contribution in [-0.4, -0.2) is 39.2 Å². The summed E-state index contributed by atoms with van der Waals surface area (Å²) in [6.45, 7) is 3.81. The Morgan fingerprint density at radius 3 is 1.64 bits per heavy atom. The fourth-order valence-electron chi connectivity index (χ4n) is 3.15. The van der Waals surface area contributed by atoms with Crippen LogP contribution in [0.25, 0.3) is 0 Å². The minimum Gasteiger partial charge on any atom is -0.307 e. The lowest BCUT2D eigenvalue weighted by atomic mass is 9.85. The highest BCUT2D eigenvalue weighted by Crippen LogP contribution is 2.42. The largest absolute Gasteiger partial charge is 0.307 e. The Labute approximate surface area is 158 Å². The van der Waals surface area contributed by atoms with E-state index in [0.29, 0.717) is 6.42 Å². The molecular weight excluding hydrogens is 354 g/mol. The number of benzene rings is 2. The second-order valence-corrected chi connectivity index (χ2v) is 8.98. The second-order valence-electron chi connectivity index (χ2n) is 6.48. The van der Waals surface area contributed by atoms with Crippen LogP contribution in [0.2, 0.25) is 0 Å². The average molecular weight is 382 g/mol. The first-order valence-corrected chi connectivity index (χ1v) is 10.00. The van der Waals surface area contributed by atoms with Crippen LogP contribution in [0.5, 0.6) is 0 Å². The van der Waals surface area contributed by atoms with E-state index < -0.39 is 14.6 Å². The molecule has 0 aliphatic heterocycles. The first-order valence-electron chi connectivity index (χ1n) is 8.35. The molecule has 1 unspecified atom stereocenters. The van der Waals surface area contributed by atoms with Crippen LogP contribution in [0.15, 0.2) is 60.7 Å². The molecule has 0 saturated carbocycles. The summed E-state index contributed by atoms with van der Waals surface area (Å²) in [5, 5.41) is 0. The van der Waals surface area contributed by atoms with E-state index in [2.05, 4.69) is 11.8 Å². The van der Waals surface area contributed by atoms with Crippen LogP contribution in [0.4, 0.5) is 0 Å². The molecule has 3 nitrogen and oxygen atoms in total. The van der Waals surface area contributed by atoms with Gasteiger partial charge in [0.2, 0.25) is 0 Å². The van der Waals surface area contributed by atoms with Crippen LogP contribution in [0.1, 0.15) is 31.4 Å². The third-order valence-electron chi connectivity index (χ3n) is 4.86. The molecule has 0 saturated heterocycles. The molecule has 0 bridgehead atoms. The van der Waals surface area contributed by atoms with Crippen molar-refractivity contribution in [3.63, 3.8) is 0 Å². The molecule has 2 aromatic rings. The van der Waals surface area contributed by atoms with E-state index in [4.69, 9.17) is 0 Å². The molecule has 0 amide bonds. The van der Waals surface area contributed by atoms with Gasteiger partial charge in [-0.15, -0.1) is 12.4 Å². The summed E-state index contributed by atoms with van der Waals surface area (Å²) in [5.41, 5.74) is 1.68. The van der Waals surface area contributed by atoms with E-state index in [9.17, 15) is 8.42 Å². The minimum absolute atomic E-state index is 0. The van der Waals surface area contributed by atoms with Gasteiger partial charge in [-0.05, 0) is 38.6 Å². The molecular formula is C20H28ClNO2S. The molecule has 1 atom stereocenters. The minimum atomic E-state index is -3.38. The monoisotopic (exact) mass is 381 g/mol. The Morgan fingerprint density at radius 1 is 0.920 bits per heavy atom. The highest BCUT2D eigenvalue weighted by molar-refractivity contribution is 7.92. The van der Waals surface area contributed by atoms with Crippen LogP contribution in [-0.2, 0) is 14.6 Å². The summed E-state index contributed by atoms with van der Waals surface area (Å²) >= 11 is 0. The molecule has 0 aliphatic rings. The van der Waals surface area contributed by atoms with E-state index in [-0.39, 0.29) is 24.2 Å². The Bertz CT molecular complexity index is 706. The molecule has 25 heavy (non-hydrogen) atoms.